The standard InChI is InChI=1S/C24H23F3N2O2/c1-15-10-11-20(19(14-15)24(25,26)27)28-22(30)18-9-5-6-16-12-13-29(23(31)21(16)18)17-7-3-2-4-8-17/h2-8,10-11,14,16,18,21H,9,12-13H2,1H3,(H,28,30)/t16?,18-,21?/m0/s1. The van der Waals surface area contributed by atoms with Crippen LogP contribution in [0.1, 0.15) is 24.0 Å². The Hall–Kier alpha value is -3.09. The summed E-state index contributed by atoms with van der Waals surface area (Å²) in [5.74, 6) is -2.14. The second-order valence-electron chi connectivity index (χ2n) is 8.11. The molecular weight excluding hydrogens is 405 g/mol. The maximum absolute atomic E-state index is 13.5. The summed E-state index contributed by atoms with van der Waals surface area (Å²) in [6, 6.07) is 13.0. The molecule has 1 aliphatic carbocycles. The lowest BCUT2D eigenvalue weighted by Gasteiger charge is -2.41. The number of hydrogen-bond donors (Lipinski definition) is 1. The Labute approximate surface area is 178 Å². The van der Waals surface area contributed by atoms with Crippen LogP contribution in [0.2, 0.25) is 0 Å². The van der Waals surface area contributed by atoms with Crippen molar-refractivity contribution in [1.29, 1.82) is 0 Å². The van der Waals surface area contributed by atoms with Gasteiger partial charge in [-0.25, -0.2) is 0 Å². The molecule has 2 aromatic rings. The maximum Gasteiger partial charge on any atom is 0.418 e. The number of carbonyl (C=O) groups is 2. The number of nitrogens with zero attached hydrogens (tertiary/aromatic N) is 1. The van der Waals surface area contributed by atoms with Gasteiger partial charge >= 0.3 is 6.18 Å². The molecule has 2 aromatic carbocycles. The molecule has 1 N–H and O–H groups in total. The predicted octanol–water partition coefficient (Wildman–Crippen LogP) is 5.20. The van der Waals surface area contributed by atoms with Crippen molar-refractivity contribution < 1.29 is 22.8 Å². The quantitative estimate of drug-likeness (QED) is 0.684. The van der Waals surface area contributed by atoms with Crippen molar-refractivity contribution in [3.05, 3.63) is 71.8 Å². The first-order chi connectivity index (χ1) is 14.8. The molecular formula is C24H23F3N2O2. The van der Waals surface area contributed by atoms with E-state index in [2.05, 4.69) is 5.32 Å². The molecule has 2 amide bonds. The fourth-order valence-corrected chi connectivity index (χ4v) is 4.53. The van der Waals surface area contributed by atoms with Crippen LogP contribution in [-0.2, 0) is 15.8 Å². The molecule has 31 heavy (non-hydrogen) atoms. The van der Waals surface area contributed by atoms with Gasteiger partial charge in [-0.3, -0.25) is 9.59 Å². The monoisotopic (exact) mass is 428 g/mol. The number of rotatable bonds is 3. The lowest BCUT2D eigenvalue weighted by Crippen LogP contribution is -2.51. The Morgan fingerprint density at radius 2 is 1.87 bits per heavy atom. The minimum atomic E-state index is -4.59. The predicted molar refractivity (Wildman–Crippen MR) is 112 cm³/mol. The number of piperidine rings is 1. The summed E-state index contributed by atoms with van der Waals surface area (Å²) >= 11 is 0. The fourth-order valence-electron chi connectivity index (χ4n) is 4.53. The molecule has 2 unspecified atom stereocenters. The average molecular weight is 428 g/mol. The number of hydrogen-bond acceptors (Lipinski definition) is 2. The van der Waals surface area contributed by atoms with Crippen molar-refractivity contribution in [3.63, 3.8) is 0 Å². The molecule has 2 aliphatic rings. The number of halogens is 3. The fraction of sp³-hybridized carbons (Fsp3) is 0.333. The second kappa shape index (κ2) is 8.21. The second-order valence-corrected chi connectivity index (χ2v) is 8.11. The molecule has 7 heteroatoms. The normalized spacial score (nSPS) is 23.4. The molecule has 3 atom stereocenters. The SMILES string of the molecule is Cc1ccc(NC(=O)[C@H]2CC=CC3CCN(c4ccccc4)C(=O)C32)c(C(F)(F)F)c1. The zero-order valence-corrected chi connectivity index (χ0v) is 17.0. The largest absolute Gasteiger partial charge is 0.418 e. The van der Waals surface area contributed by atoms with Gasteiger partial charge in [-0.05, 0) is 49.9 Å². The lowest BCUT2D eigenvalue weighted by atomic mass is 9.71. The smallest absolute Gasteiger partial charge is 0.325 e. The highest BCUT2D eigenvalue weighted by molar-refractivity contribution is 6.02. The van der Waals surface area contributed by atoms with Gasteiger partial charge in [-0.2, -0.15) is 13.2 Å². The molecule has 1 saturated heterocycles. The van der Waals surface area contributed by atoms with Gasteiger partial charge in [-0.1, -0.05) is 42.0 Å². The molecule has 4 nitrogen and oxygen atoms in total. The Morgan fingerprint density at radius 1 is 1.13 bits per heavy atom. The Balaban J connectivity index is 1.60. The Morgan fingerprint density at radius 3 is 2.58 bits per heavy atom. The minimum absolute atomic E-state index is 0.0999. The number of benzene rings is 2. The summed E-state index contributed by atoms with van der Waals surface area (Å²) in [6.07, 6.45) is 0.241. The number of allylic oxidation sites excluding steroid dienone is 2. The van der Waals surface area contributed by atoms with Gasteiger partial charge in [-0.15, -0.1) is 0 Å². The molecule has 0 radical (unpaired) electrons. The molecule has 0 bridgehead atoms. The van der Waals surface area contributed by atoms with Crippen molar-refractivity contribution in [1.82, 2.24) is 0 Å². The van der Waals surface area contributed by atoms with E-state index in [4.69, 9.17) is 0 Å². The molecule has 1 aliphatic heterocycles. The third-order valence-electron chi connectivity index (χ3n) is 6.05. The van der Waals surface area contributed by atoms with Gasteiger partial charge in [0.2, 0.25) is 11.8 Å². The van der Waals surface area contributed by atoms with Crippen molar-refractivity contribution in [2.45, 2.75) is 25.9 Å². The molecule has 0 spiro atoms. The first-order valence-electron chi connectivity index (χ1n) is 10.3. The Bertz CT molecular complexity index is 1020. The van der Waals surface area contributed by atoms with Gasteiger partial charge in [0.1, 0.15) is 0 Å². The van der Waals surface area contributed by atoms with Gasteiger partial charge in [0.15, 0.2) is 0 Å². The van der Waals surface area contributed by atoms with E-state index >= 15 is 0 Å². The zero-order valence-electron chi connectivity index (χ0n) is 17.0. The van der Waals surface area contributed by atoms with E-state index in [0.29, 0.717) is 24.9 Å². The highest BCUT2D eigenvalue weighted by Gasteiger charge is 2.45. The molecule has 0 aromatic heterocycles. The summed E-state index contributed by atoms with van der Waals surface area (Å²) in [7, 11) is 0. The minimum Gasteiger partial charge on any atom is -0.325 e. The van der Waals surface area contributed by atoms with Crippen LogP contribution in [0.15, 0.2) is 60.7 Å². The molecule has 1 heterocycles. The summed E-state index contributed by atoms with van der Waals surface area (Å²) in [6.45, 7) is 2.11. The van der Waals surface area contributed by atoms with Gasteiger partial charge < -0.3 is 10.2 Å². The highest BCUT2D eigenvalue weighted by Crippen LogP contribution is 2.40. The first-order valence-corrected chi connectivity index (χ1v) is 10.3. The molecule has 1 fully saturated rings. The number of para-hydroxylation sites is 1. The van der Waals surface area contributed by atoms with Crippen LogP contribution in [0.25, 0.3) is 0 Å². The number of aryl methyl sites for hydroxylation is 1. The molecule has 4 rings (SSSR count). The van der Waals surface area contributed by atoms with Gasteiger partial charge in [0.25, 0.3) is 0 Å². The zero-order chi connectivity index (χ0) is 22.2. The van der Waals surface area contributed by atoms with E-state index < -0.39 is 29.5 Å². The van der Waals surface area contributed by atoms with E-state index in [-0.39, 0.29) is 17.5 Å². The van der Waals surface area contributed by atoms with Gasteiger partial charge in [0.05, 0.1) is 23.1 Å². The lowest BCUT2D eigenvalue weighted by molar-refractivity contribution is -0.137. The van der Waals surface area contributed by atoms with Crippen LogP contribution in [0.4, 0.5) is 24.5 Å². The van der Waals surface area contributed by atoms with Crippen LogP contribution >= 0.6 is 0 Å². The van der Waals surface area contributed by atoms with E-state index in [9.17, 15) is 22.8 Å². The number of amides is 2. The summed E-state index contributed by atoms with van der Waals surface area (Å²) in [5, 5.41) is 2.46. The van der Waals surface area contributed by atoms with Crippen molar-refractivity contribution in [2.75, 3.05) is 16.8 Å². The van der Waals surface area contributed by atoms with Crippen LogP contribution < -0.4 is 10.2 Å². The maximum atomic E-state index is 13.5. The van der Waals surface area contributed by atoms with Crippen molar-refractivity contribution >= 4 is 23.2 Å². The van der Waals surface area contributed by atoms with Crippen molar-refractivity contribution in [2.24, 2.45) is 17.8 Å². The molecule has 162 valence electrons. The summed E-state index contributed by atoms with van der Waals surface area (Å²) in [5.41, 5.74) is 0.0477. The third-order valence-corrected chi connectivity index (χ3v) is 6.05. The third kappa shape index (κ3) is 4.22. The van der Waals surface area contributed by atoms with Crippen LogP contribution in [-0.4, -0.2) is 18.4 Å². The highest BCUT2D eigenvalue weighted by atomic mass is 19.4. The average Bonchev–Trinajstić information content (AvgIpc) is 2.74. The summed E-state index contributed by atoms with van der Waals surface area (Å²) in [4.78, 5) is 28.1. The first kappa shape index (κ1) is 21.2. The van der Waals surface area contributed by atoms with E-state index in [0.717, 1.165) is 11.8 Å². The number of fused-ring (bicyclic) bond motifs is 1. The van der Waals surface area contributed by atoms with Crippen LogP contribution in [0.3, 0.4) is 0 Å². The number of alkyl halides is 3. The van der Waals surface area contributed by atoms with E-state index in [1.165, 1.54) is 12.1 Å². The number of nitrogens with one attached hydrogen (secondary N) is 1. The number of anilines is 2. The van der Waals surface area contributed by atoms with E-state index in [1.807, 2.05) is 42.5 Å². The number of carbonyl (C=O) groups excluding carboxylic acids is 2. The van der Waals surface area contributed by atoms with Crippen LogP contribution in [0, 0.1) is 24.7 Å². The molecule has 0 saturated carbocycles. The van der Waals surface area contributed by atoms with Crippen molar-refractivity contribution in [3.8, 4) is 0 Å². The van der Waals surface area contributed by atoms with E-state index in [1.54, 1.807) is 11.8 Å². The Kier molecular flexibility index (Phi) is 5.60. The van der Waals surface area contributed by atoms with Crippen LogP contribution in [0.5, 0.6) is 0 Å². The topological polar surface area (TPSA) is 49.4 Å². The summed E-state index contributed by atoms with van der Waals surface area (Å²) < 4.78 is 40.4. The van der Waals surface area contributed by atoms with Gasteiger partial charge in [0, 0.05) is 12.2 Å².